The van der Waals surface area contributed by atoms with E-state index in [4.69, 9.17) is 10.8 Å². The molecule has 1 amide bonds. The van der Waals surface area contributed by atoms with Crippen molar-refractivity contribution >= 4 is 23.6 Å². The van der Waals surface area contributed by atoms with E-state index in [-0.39, 0.29) is 5.75 Å². The third-order valence-corrected chi connectivity index (χ3v) is 3.76. The van der Waals surface area contributed by atoms with Gasteiger partial charge in [0.15, 0.2) is 5.16 Å². The number of aliphatic carboxylic acids is 1. The first kappa shape index (κ1) is 16.5. The molecule has 0 atom stereocenters. The van der Waals surface area contributed by atoms with Crippen molar-refractivity contribution in [3.05, 3.63) is 5.82 Å². The summed E-state index contributed by atoms with van der Waals surface area (Å²) in [4.78, 5) is 22.1. The predicted octanol–water partition coefficient (Wildman–Crippen LogP) is 0.919. The van der Waals surface area contributed by atoms with Gasteiger partial charge in [0.25, 0.3) is 0 Å². The van der Waals surface area contributed by atoms with Gasteiger partial charge in [-0.05, 0) is 20.3 Å². The van der Waals surface area contributed by atoms with Gasteiger partial charge in [-0.2, -0.15) is 0 Å². The molecule has 3 N–H and O–H groups in total. The molecule has 0 saturated carbocycles. The first-order chi connectivity index (χ1) is 9.27. The highest BCUT2D eigenvalue weighted by atomic mass is 32.2. The molecule has 8 heteroatoms. The van der Waals surface area contributed by atoms with E-state index in [1.165, 1.54) is 0 Å². The molecule has 0 aliphatic heterocycles. The fraction of sp³-hybridized carbons (Fsp3) is 0.667. The maximum atomic E-state index is 11.5. The summed E-state index contributed by atoms with van der Waals surface area (Å²) >= 11 is 1.09. The Morgan fingerprint density at radius 1 is 1.40 bits per heavy atom. The fourth-order valence-electron chi connectivity index (χ4n) is 1.59. The molecule has 0 spiro atoms. The Bertz CT molecular complexity index is 499. The second kappa shape index (κ2) is 6.74. The van der Waals surface area contributed by atoms with Gasteiger partial charge in [-0.1, -0.05) is 18.7 Å². The topological polar surface area (TPSA) is 111 Å². The molecule has 20 heavy (non-hydrogen) atoms. The van der Waals surface area contributed by atoms with E-state index in [1.54, 1.807) is 18.4 Å². The van der Waals surface area contributed by atoms with Crippen molar-refractivity contribution in [1.29, 1.82) is 0 Å². The molecule has 1 rings (SSSR count). The van der Waals surface area contributed by atoms with Crippen LogP contribution >= 0.6 is 11.8 Å². The molecule has 0 fully saturated rings. The van der Waals surface area contributed by atoms with Crippen molar-refractivity contribution in [2.45, 2.75) is 45.3 Å². The number of aryl methyl sites for hydroxylation is 1. The lowest BCUT2D eigenvalue weighted by Crippen LogP contribution is -2.36. The highest BCUT2D eigenvalue weighted by Gasteiger charge is 2.28. The maximum Gasteiger partial charge on any atom is 0.313 e. The average molecular weight is 300 g/mol. The monoisotopic (exact) mass is 300 g/mol. The van der Waals surface area contributed by atoms with Gasteiger partial charge in [-0.15, -0.1) is 10.2 Å². The van der Waals surface area contributed by atoms with Crippen LogP contribution in [0.5, 0.6) is 0 Å². The van der Waals surface area contributed by atoms with E-state index in [0.29, 0.717) is 11.7 Å². The van der Waals surface area contributed by atoms with Crippen LogP contribution in [0.15, 0.2) is 5.16 Å². The fourth-order valence-corrected chi connectivity index (χ4v) is 2.27. The molecule has 0 radical (unpaired) electrons. The summed E-state index contributed by atoms with van der Waals surface area (Å²) in [6.45, 7) is 5.85. The van der Waals surface area contributed by atoms with Crippen molar-refractivity contribution in [3.8, 4) is 0 Å². The number of carbonyl (C=O) groups excluding carboxylic acids is 1. The number of hydrogen-bond acceptors (Lipinski definition) is 5. The van der Waals surface area contributed by atoms with Gasteiger partial charge in [-0.25, -0.2) is 0 Å². The van der Waals surface area contributed by atoms with Crippen molar-refractivity contribution in [3.63, 3.8) is 0 Å². The minimum Gasteiger partial charge on any atom is -0.481 e. The number of aromatic nitrogens is 3. The van der Waals surface area contributed by atoms with Crippen LogP contribution in [0, 0.1) is 5.41 Å². The molecular weight excluding hydrogens is 280 g/mol. The van der Waals surface area contributed by atoms with Gasteiger partial charge in [0.2, 0.25) is 5.91 Å². The van der Waals surface area contributed by atoms with Crippen LogP contribution in [0.4, 0.5) is 0 Å². The lowest BCUT2D eigenvalue weighted by Gasteiger charge is -2.22. The molecule has 0 saturated heterocycles. The molecule has 0 bridgehead atoms. The number of carboxylic acids is 1. The number of nitrogens with zero attached hydrogens (tertiary/aromatic N) is 3. The number of nitrogens with two attached hydrogens (primary N) is 1. The highest BCUT2D eigenvalue weighted by molar-refractivity contribution is 7.99. The zero-order valence-electron chi connectivity index (χ0n) is 11.9. The third-order valence-electron chi connectivity index (χ3n) is 2.81. The van der Waals surface area contributed by atoms with E-state index < -0.39 is 17.3 Å². The number of rotatable bonds is 8. The summed E-state index contributed by atoms with van der Waals surface area (Å²) in [5.41, 5.74) is 4.64. The van der Waals surface area contributed by atoms with Gasteiger partial charge in [0.05, 0.1) is 11.2 Å². The Hall–Kier alpha value is -1.57. The lowest BCUT2D eigenvalue weighted by molar-refractivity contribution is -0.134. The second-order valence-electron chi connectivity index (χ2n) is 5.17. The van der Waals surface area contributed by atoms with E-state index in [2.05, 4.69) is 10.2 Å². The van der Waals surface area contributed by atoms with Crippen LogP contribution in [0.25, 0.3) is 0 Å². The summed E-state index contributed by atoms with van der Waals surface area (Å²) in [6.07, 6.45) is 1.61. The SMILES string of the molecule is CCCc1nnc(SCC(=O)O)n1CC(C)(C)C(N)=O. The summed E-state index contributed by atoms with van der Waals surface area (Å²) in [5, 5.41) is 17.3. The Morgan fingerprint density at radius 3 is 2.55 bits per heavy atom. The lowest BCUT2D eigenvalue weighted by atomic mass is 9.92. The van der Waals surface area contributed by atoms with Gasteiger partial charge in [-0.3, -0.25) is 9.59 Å². The van der Waals surface area contributed by atoms with E-state index in [9.17, 15) is 9.59 Å². The first-order valence-electron chi connectivity index (χ1n) is 6.34. The van der Waals surface area contributed by atoms with Crippen LogP contribution in [0.3, 0.4) is 0 Å². The number of thioether (sulfide) groups is 1. The highest BCUT2D eigenvalue weighted by Crippen LogP contribution is 2.24. The normalized spacial score (nSPS) is 11.6. The number of carbonyl (C=O) groups is 2. The predicted molar refractivity (Wildman–Crippen MR) is 75.4 cm³/mol. The van der Waals surface area contributed by atoms with Crippen LogP contribution in [0.1, 0.15) is 33.0 Å². The van der Waals surface area contributed by atoms with Crippen LogP contribution in [0.2, 0.25) is 0 Å². The minimum absolute atomic E-state index is 0.0960. The Labute approximate surface area is 121 Å². The van der Waals surface area contributed by atoms with Gasteiger partial charge >= 0.3 is 5.97 Å². The molecule has 1 heterocycles. The quantitative estimate of drug-likeness (QED) is 0.690. The molecule has 0 aliphatic rings. The van der Waals surface area contributed by atoms with E-state index in [0.717, 1.165) is 30.4 Å². The Morgan fingerprint density at radius 2 is 2.05 bits per heavy atom. The average Bonchev–Trinajstić information content (AvgIpc) is 2.69. The van der Waals surface area contributed by atoms with Crippen molar-refractivity contribution in [1.82, 2.24) is 14.8 Å². The van der Waals surface area contributed by atoms with Crippen LogP contribution in [-0.2, 0) is 22.6 Å². The number of hydrogen-bond donors (Lipinski definition) is 2. The molecule has 0 aliphatic carbocycles. The Kier molecular flexibility index (Phi) is 5.55. The standard InChI is InChI=1S/C12H20N4O3S/c1-4-5-8-14-15-11(20-6-9(17)18)16(8)7-12(2,3)10(13)19/h4-7H2,1-3H3,(H2,13,19)(H,17,18). The third kappa shape index (κ3) is 4.22. The maximum absolute atomic E-state index is 11.5. The van der Waals surface area contributed by atoms with E-state index >= 15 is 0 Å². The van der Waals surface area contributed by atoms with Gasteiger partial charge < -0.3 is 15.4 Å². The number of primary amides is 1. The molecule has 7 nitrogen and oxygen atoms in total. The second-order valence-corrected chi connectivity index (χ2v) is 6.11. The number of carboxylic acid groups (broad SMARTS) is 1. The molecule has 1 aromatic heterocycles. The van der Waals surface area contributed by atoms with E-state index in [1.807, 2.05) is 6.92 Å². The molecule has 112 valence electrons. The summed E-state index contributed by atoms with van der Waals surface area (Å²) in [5.74, 6) is -0.686. The summed E-state index contributed by atoms with van der Waals surface area (Å²) in [6, 6.07) is 0. The largest absolute Gasteiger partial charge is 0.481 e. The molecule has 0 unspecified atom stereocenters. The molecule has 0 aromatic carbocycles. The zero-order chi connectivity index (χ0) is 15.3. The number of amides is 1. The first-order valence-corrected chi connectivity index (χ1v) is 7.33. The zero-order valence-corrected chi connectivity index (χ0v) is 12.7. The molecule has 1 aromatic rings. The Balaban J connectivity index is 3.02. The van der Waals surface area contributed by atoms with Crippen LogP contribution < -0.4 is 5.73 Å². The summed E-state index contributed by atoms with van der Waals surface area (Å²) < 4.78 is 1.79. The van der Waals surface area contributed by atoms with Crippen molar-refractivity contribution < 1.29 is 14.7 Å². The van der Waals surface area contributed by atoms with Gasteiger partial charge in [0.1, 0.15) is 5.82 Å². The summed E-state index contributed by atoms with van der Waals surface area (Å²) in [7, 11) is 0. The van der Waals surface area contributed by atoms with Crippen LogP contribution in [-0.4, -0.2) is 37.5 Å². The van der Waals surface area contributed by atoms with Crippen molar-refractivity contribution in [2.24, 2.45) is 11.1 Å². The smallest absolute Gasteiger partial charge is 0.313 e. The molecular formula is C12H20N4O3S. The van der Waals surface area contributed by atoms with Gasteiger partial charge in [0, 0.05) is 13.0 Å². The van der Waals surface area contributed by atoms with Crippen molar-refractivity contribution in [2.75, 3.05) is 5.75 Å². The minimum atomic E-state index is -0.921.